The number of rotatable bonds is 4. The Morgan fingerprint density at radius 3 is 2.21 bits per heavy atom. The van der Waals surface area contributed by atoms with Crippen molar-refractivity contribution in [2.75, 3.05) is 9.80 Å². The minimum absolute atomic E-state index is 0.0254. The zero-order valence-electron chi connectivity index (χ0n) is 19.1. The van der Waals surface area contributed by atoms with Crippen molar-refractivity contribution in [3.05, 3.63) is 103 Å². The van der Waals surface area contributed by atoms with E-state index in [1.54, 1.807) is 24.1 Å². The van der Waals surface area contributed by atoms with Gasteiger partial charge in [0.2, 0.25) is 5.91 Å². The molecular formula is C27H25N5O2. The van der Waals surface area contributed by atoms with Crippen LogP contribution in [0.2, 0.25) is 0 Å². The number of hydrogen-bond acceptors (Lipinski definition) is 4. The van der Waals surface area contributed by atoms with Gasteiger partial charge in [0, 0.05) is 35.6 Å². The number of carbonyl (C=O) groups excluding carboxylic acids is 2. The number of hydrogen-bond donors (Lipinski definition) is 0. The summed E-state index contributed by atoms with van der Waals surface area (Å²) < 4.78 is 1.79. The van der Waals surface area contributed by atoms with Gasteiger partial charge >= 0.3 is 0 Å². The van der Waals surface area contributed by atoms with Crippen LogP contribution in [0.3, 0.4) is 0 Å². The first-order valence-corrected chi connectivity index (χ1v) is 11.3. The smallest absolute Gasteiger partial charge is 0.258 e. The Hall–Kier alpha value is -4.26. The van der Waals surface area contributed by atoms with Crippen LogP contribution in [0.25, 0.3) is 5.69 Å². The van der Waals surface area contributed by atoms with Gasteiger partial charge in [-0.2, -0.15) is 0 Å². The fraction of sp³-hybridized carbons (Fsp3) is 0.185. The van der Waals surface area contributed by atoms with Crippen molar-refractivity contribution in [1.29, 1.82) is 0 Å². The second-order valence-electron chi connectivity index (χ2n) is 8.48. The van der Waals surface area contributed by atoms with E-state index in [9.17, 15) is 9.59 Å². The van der Waals surface area contributed by atoms with Crippen LogP contribution in [0.1, 0.15) is 42.2 Å². The fourth-order valence-corrected chi connectivity index (χ4v) is 4.75. The lowest BCUT2D eigenvalue weighted by atomic mass is 9.89. The Morgan fingerprint density at radius 1 is 0.882 bits per heavy atom. The van der Waals surface area contributed by atoms with Crippen LogP contribution in [0.5, 0.6) is 0 Å². The Balaban J connectivity index is 1.50. The molecule has 0 aliphatic carbocycles. The first kappa shape index (κ1) is 21.6. The Labute approximate surface area is 198 Å². The predicted molar refractivity (Wildman–Crippen MR) is 131 cm³/mol. The predicted octanol–water partition coefficient (Wildman–Crippen LogP) is 4.80. The Morgan fingerprint density at radius 2 is 1.53 bits per heavy atom. The third-order valence-corrected chi connectivity index (χ3v) is 6.30. The van der Waals surface area contributed by atoms with Crippen molar-refractivity contribution in [2.45, 2.75) is 32.4 Å². The number of amides is 2. The second-order valence-corrected chi connectivity index (χ2v) is 8.48. The number of benzene rings is 3. The van der Waals surface area contributed by atoms with Crippen LogP contribution in [-0.2, 0) is 4.79 Å². The topological polar surface area (TPSA) is 71.3 Å². The quantitative estimate of drug-likeness (QED) is 0.447. The molecule has 0 spiro atoms. The highest BCUT2D eigenvalue weighted by atomic mass is 16.2. The third-order valence-electron chi connectivity index (χ3n) is 6.30. The molecule has 1 aromatic heterocycles. The van der Waals surface area contributed by atoms with Crippen molar-refractivity contribution < 1.29 is 9.59 Å². The summed E-state index contributed by atoms with van der Waals surface area (Å²) in [4.78, 5) is 30.1. The Bertz CT molecular complexity index is 1300. The van der Waals surface area contributed by atoms with Crippen LogP contribution in [-0.4, -0.2) is 32.6 Å². The highest BCUT2D eigenvalue weighted by molar-refractivity contribution is 6.07. The van der Waals surface area contributed by atoms with Gasteiger partial charge in [-0.3, -0.25) is 14.2 Å². The molecule has 2 atom stereocenters. The molecule has 3 aromatic carbocycles. The number of anilines is 2. The number of aromatic nitrogens is 3. The van der Waals surface area contributed by atoms with E-state index in [1.165, 1.54) is 0 Å². The molecule has 2 amide bonds. The summed E-state index contributed by atoms with van der Waals surface area (Å²) in [6.45, 7) is 3.63. The van der Waals surface area contributed by atoms with Gasteiger partial charge in [0.25, 0.3) is 5.91 Å². The van der Waals surface area contributed by atoms with Gasteiger partial charge in [-0.1, -0.05) is 36.4 Å². The molecule has 0 radical (unpaired) electrons. The summed E-state index contributed by atoms with van der Waals surface area (Å²) >= 11 is 0. The van der Waals surface area contributed by atoms with E-state index in [2.05, 4.69) is 10.2 Å². The standard InChI is InChI=1S/C27H25N5O2/c1-19-16-26(32(20(2)33)23-8-4-3-5-9-23)24-10-6-7-11-25(24)31(19)27(34)21-12-14-22(15-13-21)30-17-28-29-18-30/h3-15,17-19,26H,16H2,1-2H3. The summed E-state index contributed by atoms with van der Waals surface area (Å²) in [6.07, 6.45) is 3.87. The van der Waals surface area contributed by atoms with Crippen LogP contribution in [0.4, 0.5) is 11.4 Å². The van der Waals surface area contributed by atoms with Crippen LogP contribution < -0.4 is 9.80 Å². The number of fused-ring (bicyclic) bond motifs is 1. The molecule has 2 heterocycles. The van der Waals surface area contributed by atoms with E-state index in [4.69, 9.17) is 0 Å². The molecule has 0 fully saturated rings. The molecule has 0 N–H and O–H groups in total. The molecule has 0 saturated heterocycles. The van der Waals surface area contributed by atoms with Gasteiger partial charge in [-0.25, -0.2) is 0 Å². The fourth-order valence-electron chi connectivity index (χ4n) is 4.75. The average Bonchev–Trinajstić information content (AvgIpc) is 3.40. The molecule has 1 aliphatic heterocycles. The van der Waals surface area contributed by atoms with Gasteiger partial charge in [0.1, 0.15) is 12.7 Å². The lowest BCUT2D eigenvalue weighted by Gasteiger charge is -2.43. The van der Waals surface area contributed by atoms with E-state index < -0.39 is 0 Å². The normalized spacial score (nSPS) is 17.2. The molecule has 2 unspecified atom stereocenters. The van der Waals surface area contributed by atoms with Crippen molar-refractivity contribution in [1.82, 2.24) is 14.8 Å². The number of para-hydroxylation sites is 2. The van der Waals surface area contributed by atoms with E-state index in [0.29, 0.717) is 12.0 Å². The molecule has 4 aromatic rings. The Kier molecular flexibility index (Phi) is 5.67. The molecule has 0 bridgehead atoms. The largest absolute Gasteiger partial charge is 0.305 e. The lowest BCUT2D eigenvalue weighted by molar-refractivity contribution is -0.117. The maximum Gasteiger partial charge on any atom is 0.258 e. The minimum atomic E-state index is -0.161. The van der Waals surface area contributed by atoms with Crippen LogP contribution in [0.15, 0.2) is 91.5 Å². The van der Waals surface area contributed by atoms with Crippen LogP contribution in [0, 0.1) is 0 Å². The van der Waals surface area contributed by atoms with E-state index in [0.717, 1.165) is 22.6 Å². The summed E-state index contributed by atoms with van der Waals surface area (Å²) in [6, 6.07) is 24.7. The molecule has 34 heavy (non-hydrogen) atoms. The summed E-state index contributed by atoms with van der Waals surface area (Å²) in [5.41, 5.74) is 4.14. The van der Waals surface area contributed by atoms with Crippen molar-refractivity contribution in [2.24, 2.45) is 0 Å². The lowest BCUT2D eigenvalue weighted by Crippen LogP contribution is -2.47. The summed E-state index contributed by atoms with van der Waals surface area (Å²) in [5.74, 6) is -0.0923. The molecule has 7 heteroatoms. The van der Waals surface area contributed by atoms with Crippen LogP contribution >= 0.6 is 0 Å². The summed E-state index contributed by atoms with van der Waals surface area (Å²) in [7, 11) is 0. The van der Waals surface area contributed by atoms with E-state index in [-0.39, 0.29) is 23.9 Å². The minimum Gasteiger partial charge on any atom is -0.305 e. The molecule has 170 valence electrons. The first-order chi connectivity index (χ1) is 16.5. The monoisotopic (exact) mass is 451 g/mol. The summed E-state index contributed by atoms with van der Waals surface area (Å²) in [5, 5.41) is 7.66. The highest BCUT2D eigenvalue weighted by Gasteiger charge is 2.38. The van der Waals surface area contributed by atoms with E-state index >= 15 is 0 Å². The van der Waals surface area contributed by atoms with Gasteiger partial charge in [0.15, 0.2) is 0 Å². The van der Waals surface area contributed by atoms with Gasteiger partial charge < -0.3 is 9.80 Å². The number of carbonyl (C=O) groups is 2. The van der Waals surface area contributed by atoms with E-state index in [1.807, 2.05) is 95.6 Å². The molecule has 5 rings (SSSR count). The molecule has 0 saturated carbocycles. The maximum atomic E-state index is 13.7. The zero-order valence-corrected chi connectivity index (χ0v) is 19.1. The SMILES string of the molecule is CC(=O)N(c1ccccc1)C1CC(C)N(C(=O)c2ccc(-n3cnnc3)cc2)c2ccccc21. The van der Waals surface area contributed by atoms with Crippen molar-refractivity contribution >= 4 is 23.2 Å². The second kappa shape index (κ2) is 8.94. The first-order valence-electron chi connectivity index (χ1n) is 11.3. The van der Waals surface area contributed by atoms with Gasteiger partial charge in [-0.05, 0) is 61.4 Å². The average molecular weight is 452 g/mol. The maximum absolute atomic E-state index is 13.7. The third kappa shape index (κ3) is 3.85. The number of nitrogens with zero attached hydrogens (tertiary/aromatic N) is 5. The molecule has 7 nitrogen and oxygen atoms in total. The van der Waals surface area contributed by atoms with Crippen molar-refractivity contribution in [3.63, 3.8) is 0 Å². The van der Waals surface area contributed by atoms with Crippen molar-refractivity contribution in [3.8, 4) is 5.69 Å². The highest BCUT2D eigenvalue weighted by Crippen LogP contribution is 2.42. The van der Waals surface area contributed by atoms with Gasteiger partial charge in [0.05, 0.1) is 6.04 Å². The van der Waals surface area contributed by atoms with Gasteiger partial charge in [-0.15, -0.1) is 10.2 Å². The zero-order chi connectivity index (χ0) is 23.7. The molecule has 1 aliphatic rings. The molecular weight excluding hydrogens is 426 g/mol.